The van der Waals surface area contributed by atoms with E-state index in [9.17, 15) is 24.0 Å². The molecule has 5 rings (SSSR count). The van der Waals surface area contributed by atoms with Gasteiger partial charge in [-0.15, -0.1) is 0 Å². The number of nitrogens with one attached hydrogen (secondary N) is 2. The van der Waals surface area contributed by atoms with Crippen LogP contribution in [0.2, 0.25) is 0 Å². The molecule has 3 aromatic carbocycles. The van der Waals surface area contributed by atoms with Crippen molar-refractivity contribution < 1.29 is 52.8 Å². The van der Waals surface area contributed by atoms with Crippen LogP contribution in [0.25, 0.3) is 0 Å². The molecule has 3 N–H and O–H groups in total. The third-order valence-electron chi connectivity index (χ3n) is 9.87. The number of carboxylic acids is 1. The van der Waals surface area contributed by atoms with Gasteiger partial charge in [-0.05, 0) is 53.5 Å². The van der Waals surface area contributed by atoms with Crippen molar-refractivity contribution in [3.8, 4) is 0 Å². The summed E-state index contributed by atoms with van der Waals surface area (Å²) in [7, 11) is 0. The first kappa shape index (κ1) is 43.9. The zero-order valence-corrected chi connectivity index (χ0v) is 33.6. The number of ketones is 2. The van der Waals surface area contributed by atoms with E-state index in [0.717, 1.165) is 16.7 Å². The molecule has 0 radical (unpaired) electrons. The van der Waals surface area contributed by atoms with E-state index in [1.165, 1.54) is 13.8 Å². The lowest BCUT2D eigenvalue weighted by molar-refractivity contribution is -0.287. The lowest BCUT2D eigenvalue weighted by Crippen LogP contribution is -2.66. The Kier molecular flexibility index (Phi) is 15.9. The summed E-state index contributed by atoms with van der Waals surface area (Å²) in [5.41, 5.74) is 3.41. The summed E-state index contributed by atoms with van der Waals surface area (Å²) >= 11 is 0. The fraction of sp³-hybridized carbons (Fsp3) is 0.444. The van der Waals surface area contributed by atoms with E-state index in [0.29, 0.717) is 30.6 Å². The van der Waals surface area contributed by atoms with Crippen LogP contribution < -0.4 is 10.6 Å². The second-order valence-corrected chi connectivity index (χ2v) is 15.6. The average Bonchev–Trinajstić information content (AvgIpc) is 3.16. The van der Waals surface area contributed by atoms with Crippen LogP contribution in [0.1, 0.15) is 82.9 Å². The lowest BCUT2D eigenvalue weighted by Gasteiger charge is -2.45. The molecule has 0 spiro atoms. The summed E-state index contributed by atoms with van der Waals surface area (Å²) in [5, 5.41) is 15.3. The standard InChI is InChI=1S/C45H54N2O11/c1-29(48)46-41-43(57-30(2)49)42(38(28-54-25-31-13-7-5-8-14-31)58-44(41)56-27-32-15-9-6-10-16-32)55-26-33-19-21-34(22-20-33)47-35(17-11-12-18-39(52)53)40-36(50)23-45(3,4)24-37(40)51/h5-10,13-16,19-22,38,41-44,47H,11-12,17-18,23-28H2,1-4H3,(H,46,48)(H,52,53)/t38-,41-,42-,43-,44+/m1/s1. The predicted octanol–water partition coefficient (Wildman–Crippen LogP) is 6.44. The first-order valence-corrected chi connectivity index (χ1v) is 19.6. The number of ether oxygens (including phenoxy) is 5. The Morgan fingerprint density at radius 3 is 1.91 bits per heavy atom. The second kappa shape index (κ2) is 21.0. The van der Waals surface area contributed by atoms with E-state index in [4.69, 9.17) is 28.8 Å². The first-order valence-electron chi connectivity index (χ1n) is 19.6. The van der Waals surface area contributed by atoms with Gasteiger partial charge in [-0.1, -0.05) is 86.6 Å². The van der Waals surface area contributed by atoms with Crippen molar-refractivity contribution in [2.75, 3.05) is 11.9 Å². The first-order chi connectivity index (χ1) is 27.8. The highest BCUT2D eigenvalue weighted by molar-refractivity contribution is 6.23. The van der Waals surface area contributed by atoms with Gasteiger partial charge in [0.05, 0.1) is 32.0 Å². The highest BCUT2D eigenvalue weighted by Gasteiger charge is 2.50. The van der Waals surface area contributed by atoms with E-state index in [1.807, 2.05) is 86.6 Å². The molecule has 13 nitrogen and oxygen atoms in total. The van der Waals surface area contributed by atoms with Crippen molar-refractivity contribution in [2.45, 2.75) is 117 Å². The number of hydrogen-bond donors (Lipinski definition) is 3. The number of benzene rings is 3. The largest absolute Gasteiger partial charge is 0.481 e. The number of anilines is 1. The molecule has 1 amide bonds. The normalized spacial score (nSPS) is 21.6. The number of carboxylic acid groups (broad SMARTS) is 1. The molecule has 1 heterocycles. The fourth-order valence-corrected chi connectivity index (χ4v) is 7.20. The molecule has 2 aliphatic rings. The van der Waals surface area contributed by atoms with Crippen LogP contribution in [0, 0.1) is 5.41 Å². The topological polar surface area (TPSA) is 176 Å². The SMILES string of the molecule is CC(=O)N[C@H]1[C@@H](OCc2ccccc2)O[C@H](COCc2ccccc2)[C@@H](OCc2ccc(NC(CCCCC(=O)O)=C3C(=O)CC(C)(C)CC3=O)cc2)[C@@H]1OC(C)=O. The number of hydrogen-bond acceptors (Lipinski definition) is 11. The Balaban J connectivity index is 1.36. The van der Waals surface area contributed by atoms with Gasteiger partial charge in [0.1, 0.15) is 18.2 Å². The zero-order valence-electron chi connectivity index (χ0n) is 33.6. The summed E-state index contributed by atoms with van der Waals surface area (Å²) in [6.45, 7) is 7.00. The predicted molar refractivity (Wildman–Crippen MR) is 214 cm³/mol. The number of Topliss-reactive ketones (excluding diaryl/α,β-unsaturated/α-hetero) is 2. The number of allylic oxidation sites excluding steroid dienone is 2. The van der Waals surface area contributed by atoms with E-state index in [-0.39, 0.29) is 68.7 Å². The Hall–Kier alpha value is -5.21. The van der Waals surface area contributed by atoms with E-state index in [2.05, 4.69) is 10.6 Å². The van der Waals surface area contributed by atoms with E-state index < -0.39 is 48.0 Å². The molecule has 5 atom stereocenters. The molecule has 0 bridgehead atoms. The number of aliphatic carboxylic acids is 1. The molecule has 1 saturated carbocycles. The number of amides is 1. The third kappa shape index (κ3) is 13.2. The van der Waals surface area contributed by atoms with Gasteiger partial charge < -0.3 is 39.4 Å². The second-order valence-electron chi connectivity index (χ2n) is 15.6. The summed E-state index contributed by atoms with van der Waals surface area (Å²) in [6, 6.07) is 25.4. The van der Waals surface area contributed by atoms with Crippen LogP contribution in [-0.2, 0) is 67.5 Å². The van der Waals surface area contributed by atoms with Crippen molar-refractivity contribution in [3.63, 3.8) is 0 Å². The number of carbonyl (C=O) groups is 5. The van der Waals surface area contributed by atoms with Crippen LogP contribution in [-0.4, -0.2) is 71.8 Å². The monoisotopic (exact) mass is 798 g/mol. The molecule has 0 aromatic heterocycles. The highest BCUT2D eigenvalue weighted by Crippen LogP contribution is 2.36. The zero-order chi connectivity index (χ0) is 41.7. The molecule has 0 unspecified atom stereocenters. The molecule has 2 fully saturated rings. The minimum Gasteiger partial charge on any atom is -0.481 e. The maximum atomic E-state index is 13.2. The van der Waals surface area contributed by atoms with Crippen molar-refractivity contribution in [1.82, 2.24) is 5.32 Å². The maximum absolute atomic E-state index is 13.2. The van der Waals surface area contributed by atoms with Crippen molar-refractivity contribution >= 4 is 35.1 Å². The molecule has 1 saturated heterocycles. The van der Waals surface area contributed by atoms with Gasteiger partial charge in [0.25, 0.3) is 0 Å². The van der Waals surface area contributed by atoms with Gasteiger partial charge in [-0.2, -0.15) is 0 Å². The number of rotatable bonds is 19. The molecule has 310 valence electrons. The van der Waals surface area contributed by atoms with Gasteiger partial charge in [-0.3, -0.25) is 24.0 Å². The minimum absolute atomic E-state index is 0.0104. The summed E-state index contributed by atoms with van der Waals surface area (Å²) in [6.07, 6.45) is -2.04. The van der Waals surface area contributed by atoms with Gasteiger partial charge in [0, 0.05) is 44.5 Å². The minimum atomic E-state index is -1.02. The maximum Gasteiger partial charge on any atom is 0.303 e. The van der Waals surface area contributed by atoms with Crippen LogP contribution in [0.4, 0.5) is 5.69 Å². The molecule has 58 heavy (non-hydrogen) atoms. The van der Waals surface area contributed by atoms with Crippen LogP contribution >= 0.6 is 0 Å². The van der Waals surface area contributed by atoms with E-state index in [1.54, 1.807) is 12.1 Å². The Bertz CT molecular complexity index is 1870. The van der Waals surface area contributed by atoms with Gasteiger partial charge in [0.15, 0.2) is 24.0 Å². The Morgan fingerprint density at radius 1 is 0.759 bits per heavy atom. The van der Waals surface area contributed by atoms with Gasteiger partial charge in [0.2, 0.25) is 5.91 Å². The summed E-state index contributed by atoms with van der Waals surface area (Å²) in [5.74, 6) is -2.31. The van der Waals surface area contributed by atoms with E-state index >= 15 is 0 Å². The third-order valence-corrected chi connectivity index (χ3v) is 9.87. The molecule has 1 aliphatic carbocycles. The molecule has 1 aliphatic heterocycles. The summed E-state index contributed by atoms with van der Waals surface area (Å²) in [4.78, 5) is 62.7. The van der Waals surface area contributed by atoms with Crippen molar-refractivity contribution in [2.24, 2.45) is 5.41 Å². The van der Waals surface area contributed by atoms with Crippen molar-refractivity contribution in [1.29, 1.82) is 0 Å². The van der Waals surface area contributed by atoms with Crippen LogP contribution in [0.3, 0.4) is 0 Å². The Morgan fingerprint density at radius 2 is 1.33 bits per heavy atom. The van der Waals surface area contributed by atoms with Gasteiger partial charge in [-0.25, -0.2) is 0 Å². The molecule has 13 heteroatoms. The lowest BCUT2D eigenvalue weighted by atomic mass is 9.73. The number of carbonyl (C=O) groups excluding carboxylic acids is 4. The molecule has 3 aromatic rings. The quantitative estimate of drug-likeness (QED) is 0.0525. The highest BCUT2D eigenvalue weighted by atomic mass is 16.7. The van der Waals surface area contributed by atoms with Gasteiger partial charge >= 0.3 is 11.9 Å². The van der Waals surface area contributed by atoms with Crippen molar-refractivity contribution in [3.05, 3.63) is 113 Å². The fourth-order valence-electron chi connectivity index (χ4n) is 7.20. The molecular formula is C45H54N2O11. The number of esters is 1. The average molecular weight is 799 g/mol. The molecular weight excluding hydrogens is 744 g/mol. The smallest absolute Gasteiger partial charge is 0.303 e. The van der Waals surface area contributed by atoms with Crippen LogP contribution in [0.5, 0.6) is 0 Å². The summed E-state index contributed by atoms with van der Waals surface area (Å²) < 4.78 is 31.3. The van der Waals surface area contributed by atoms with Crippen LogP contribution in [0.15, 0.2) is 96.2 Å². The number of unbranched alkanes of at least 4 members (excludes halogenated alkanes) is 1. The Labute approximate surface area is 339 Å².